The molecule has 1 unspecified atom stereocenters. The van der Waals surface area contributed by atoms with E-state index in [1.54, 1.807) is 6.20 Å². The molecule has 0 aliphatic carbocycles. The number of hydrogen-bond acceptors (Lipinski definition) is 2. The van der Waals surface area contributed by atoms with Gasteiger partial charge >= 0.3 is 0 Å². The van der Waals surface area contributed by atoms with Gasteiger partial charge in [0.1, 0.15) is 0 Å². The van der Waals surface area contributed by atoms with Crippen molar-refractivity contribution in [2.75, 3.05) is 11.9 Å². The van der Waals surface area contributed by atoms with Crippen LogP contribution in [0.2, 0.25) is 0 Å². The van der Waals surface area contributed by atoms with Gasteiger partial charge in [-0.15, -0.1) is 11.6 Å². The first-order chi connectivity index (χ1) is 5.74. The Kier molecular flexibility index (Phi) is 3.41. The quantitative estimate of drug-likeness (QED) is 0.731. The number of aryl methyl sites for hydroxylation is 1. The van der Waals surface area contributed by atoms with E-state index in [-0.39, 0.29) is 5.38 Å². The van der Waals surface area contributed by atoms with Gasteiger partial charge in [-0.3, -0.25) is 0 Å². The second-order valence-corrected chi connectivity index (χ2v) is 3.44. The maximum absolute atomic E-state index is 5.79. The molecule has 0 saturated carbocycles. The van der Waals surface area contributed by atoms with Crippen LogP contribution in [0.3, 0.4) is 0 Å². The van der Waals surface area contributed by atoms with Crippen molar-refractivity contribution in [2.24, 2.45) is 0 Å². The summed E-state index contributed by atoms with van der Waals surface area (Å²) in [7, 11) is 0. The number of alkyl halides is 1. The number of nitrogens with one attached hydrogen (secondary N) is 1. The molecule has 12 heavy (non-hydrogen) atoms. The summed E-state index contributed by atoms with van der Waals surface area (Å²) in [6, 6.07) is 0. The summed E-state index contributed by atoms with van der Waals surface area (Å²) in [5.74, 6) is 0.894. The Labute approximate surface area is 77.7 Å². The zero-order valence-corrected chi connectivity index (χ0v) is 8.17. The van der Waals surface area contributed by atoms with Crippen molar-refractivity contribution >= 4 is 17.5 Å². The lowest BCUT2D eigenvalue weighted by molar-refractivity contribution is 0.761. The molecule has 1 heterocycles. The van der Waals surface area contributed by atoms with Gasteiger partial charge in [0.05, 0.1) is 0 Å². The first-order valence-corrected chi connectivity index (χ1v) is 4.56. The first-order valence-electron chi connectivity index (χ1n) is 4.13. The van der Waals surface area contributed by atoms with Crippen LogP contribution in [0, 0.1) is 0 Å². The highest BCUT2D eigenvalue weighted by Crippen LogP contribution is 2.04. The summed E-state index contributed by atoms with van der Waals surface area (Å²) in [5.41, 5.74) is 0. The van der Waals surface area contributed by atoms with Crippen LogP contribution in [0.25, 0.3) is 0 Å². The third-order valence-electron chi connectivity index (χ3n) is 1.60. The van der Waals surface area contributed by atoms with Gasteiger partial charge in [0, 0.05) is 30.9 Å². The fourth-order valence-electron chi connectivity index (χ4n) is 0.963. The Bertz CT molecular complexity index is 232. The number of halogens is 1. The van der Waals surface area contributed by atoms with Crippen LogP contribution in [-0.4, -0.2) is 21.5 Å². The van der Waals surface area contributed by atoms with Crippen LogP contribution < -0.4 is 5.32 Å². The number of nitrogens with zero attached hydrogens (tertiary/aromatic N) is 2. The van der Waals surface area contributed by atoms with E-state index < -0.39 is 0 Å². The zero-order chi connectivity index (χ0) is 8.97. The summed E-state index contributed by atoms with van der Waals surface area (Å²) in [4.78, 5) is 4.15. The molecule has 0 aromatic carbocycles. The minimum atomic E-state index is 0.131. The van der Waals surface area contributed by atoms with Crippen LogP contribution in [0.5, 0.6) is 0 Å². The fraction of sp³-hybridized carbons (Fsp3) is 0.625. The lowest BCUT2D eigenvalue weighted by Gasteiger charge is -2.08. The second kappa shape index (κ2) is 4.36. The van der Waals surface area contributed by atoms with Crippen molar-refractivity contribution in [1.29, 1.82) is 0 Å². The van der Waals surface area contributed by atoms with E-state index in [9.17, 15) is 0 Å². The molecule has 0 spiro atoms. The average Bonchev–Trinajstić information content (AvgIpc) is 2.47. The van der Waals surface area contributed by atoms with Crippen molar-refractivity contribution < 1.29 is 0 Å². The fourth-order valence-corrected chi connectivity index (χ4v) is 1.04. The third-order valence-corrected chi connectivity index (χ3v) is 1.75. The smallest absolute Gasteiger partial charge is 0.202 e. The Morgan fingerprint density at radius 2 is 2.50 bits per heavy atom. The molecule has 0 aliphatic heterocycles. The van der Waals surface area contributed by atoms with Gasteiger partial charge in [-0.25, -0.2) is 4.98 Å². The molecule has 68 valence electrons. The van der Waals surface area contributed by atoms with Gasteiger partial charge in [-0.05, 0) is 13.8 Å². The van der Waals surface area contributed by atoms with Crippen LogP contribution in [0.1, 0.15) is 13.8 Å². The van der Waals surface area contributed by atoms with Crippen LogP contribution >= 0.6 is 11.6 Å². The van der Waals surface area contributed by atoms with Crippen LogP contribution in [0.15, 0.2) is 12.4 Å². The zero-order valence-electron chi connectivity index (χ0n) is 7.42. The molecule has 0 fully saturated rings. The summed E-state index contributed by atoms with van der Waals surface area (Å²) in [6.07, 6.45) is 3.73. The molecule has 0 amide bonds. The molecule has 1 aromatic heterocycles. The number of rotatable bonds is 4. The van der Waals surface area contributed by atoms with E-state index >= 15 is 0 Å². The van der Waals surface area contributed by atoms with Crippen molar-refractivity contribution in [1.82, 2.24) is 9.55 Å². The molecular formula is C8H14ClN3. The van der Waals surface area contributed by atoms with Gasteiger partial charge in [0.2, 0.25) is 5.95 Å². The molecule has 0 bridgehead atoms. The minimum Gasteiger partial charge on any atom is -0.354 e. The third kappa shape index (κ3) is 2.41. The molecule has 1 rings (SSSR count). The predicted octanol–water partition coefficient (Wildman–Crippen LogP) is 1.94. The lowest BCUT2D eigenvalue weighted by atomic mass is 10.5. The summed E-state index contributed by atoms with van der Waals surface area (Å²) < 4.78 is 2.04. The molecule has 1 aromatic rings. The average molecular weight is 188 g/mol. The van der Waals surface area contributed by atoms with Gasteiger partial charge in [0.15, 0.2) is 0 Å². The number of hydrogen-bond donors (Lipinski definition) is 1. The van der Waals surface area contributed by atoms with E-state index in [1.165, 1.54) is 0 Å². The van der Waals surface area contributed by atoms with E-state index in [1.807, 2.05) is 17.7 Å². The van der Waals surface area contributed by atoms with Crippen LogP contribution in [0.4, 0.5) is 5.95 Å². The van der Waals surface area contributed by atoms with Crippen LogP contribution in [-0.2, 0) is 6.54 Å². The normalized spacial score (nSPS) is 12.9. The highest BCUT2D eigenvalue weighted by atomic mass is 35.5. The SMILES string of the molecule is CCn1ccnc1NCC(C)Cl. The van der Waals surface area contributed by atoms with Gasteiger partial charge in [-0.1, -0.05) is 0 Å². The molecule has 0 radical (unpaired) electrons. The van der Waals surface area contributed by atoms with Crippen molar-refractivity contribution in [3.63, 3.8) is 0 Å². The van der Waals surface area contributed by atoms with E-state index in [2.05, 4.69) is 17.2 Å². The van der Waals surface area contributed by atoms with E-state index in [4.69, 9.17) is 11.6 Å². The molecular weight excluding hydrogens is 174 g/mol. The molecule has 1 N–H and O–H groups in total. The Morgan fingerprint density at radius 1 is 1.75 bits per heavy atom. The highest BCUT2D eigenvalue weighted by molar-refractivity contribution is 6.20. The monoisotopic (exact) mass is 187 g/mol. The van der Waals surface area contributed by atoms with Crippen molar-refractivity contribution in [3.8, 4) is 0 Å². The van der Waals surface area contributed by atoms with E-state index in [0.717, 1.165) is 19.0 Å². The first kappa shape index (κ1) is 9.39. The summed E-state index contributed by atoms with van der Waals surface area (Å²) in [6.45, 7) is 5.71. The maximum Gasteiger partial charge on any atom is 0.202 e. The van der Waals surface area contributed by atoms with Gasteiger partial charge < -0.3 is 9.88 Å². The Balaban J connectivity index is 2.50. The second-order valence-electron chi connectivity index (χ2n) is 2.70. The van der Waals surface area contributed by atoms with Gasteiger partial charge in [0.25, 0.3) is 0 Å². The number of aromatic nitrogens is 2. The lowest BCUT2D eigenvalue weighted by Crippen LogP contribution is -2.14. The molecule has 1 atom stereocenters. The highest BCUT2D eigenvalue weighted by Gasteiger charge is 2.00. The largest absolute Gasteiger partial charge is 0.354 e. The minimum absolute atomic E-state index is 0.131. The van der Waals surface area contributed by atoms with E-state index in [0.29, 0.717) is 0 Å². The molecule has 3 nitrogen and oxygen atoms in total. The predicted molar refractivity (Wildman–Crippen MR) is 51.7 cm³/mol. The topological polar surface area (TPSA) is 29.9 Å². The Morgan fingerprint density at radius 3 is 3.08 bits per heavy atom. The standard InChI is InChI=1S/C8H14ClN3/c1-3-12-5-4-10-8(12)11-6-7(2)9/h4-5,7H,3,6H2,1-2H3,(H,10,11). The van der Waals surface area contributed by atoms with Crippen molar-refractivity contribution in [2.45, 2.75) is 25.8 Å². The maximum atomic E-state index is 5.79. The number of imidazole rings is 1. The summed E-state index contributed by atoms with van der Waals surface area (Å²) >= 11 is 5.79. The van der Waals surface area contributed by atoms with Gasteiger partial charge in [-0.2, -0.15) is 0 Å². The molecule has 0 aliphatic rings. The molecule has 4 heteroatoms. The van der Waals surface area contributed by atoms with Crippen molar-refractivity contribution in [3.05, 3.63) is 12.4 Å². The molecule has 0 saturated heterocycles. The number of anilines is 1. The summed E-state index contributed by atoms with van der Waals surface area (Å²) in [5, 5.41) is 3.30. The Hall–Kier alpha value is -0.700.